The molecule has 2 fully saturated rings. The quantitative estimate of drug-likeness (QED) is 0.393. The number of allylic oxidation sites excluding steroid dienone is 2. The van der Waals surface area contributed by atoms with Gasteiger partial charge in [0.05, 0.1) is 7.11 Å². The van der Waals surface area contributed by atoms with Crippen LogP contribution in [-0.2, 0) is 0 Å². The van der Waals surface area contributed by atoms with Crippen LogP contribution in [0.5, 0.6) is 5.75 Å². The van der Waals surface area contributed by atoms with E-state index in [1.807, 2.05) is 36.4 Å². The molecule has 4 atom stereocenters. The molecule has 4 rings (SSSR count). The molecule has 0 bridgehead atoms. The Hall–Kier alpha value is -2.53. The van der Waals surface area contributed by atoms with Crippen molar-refractivity contribution >= 4 is 0 Å². The summed E-state index contributed by atoms with van der Waals surface area (Å²) in [6.45, 7) is 2.12. The van der Waals surface area contributed by atoms with Crippen molar-refractivity contribution in [2.75, 3.05) is 7.11 Å². The van der Waals surface area contributed by atoms with Gasteiger partial charge in [0.25, 0.3) is 0 Å². The van der Waals surface area contributed by atoms with Crippen molar-refractivity contribution in [1.82, 2.24) is 0 Å². The van der Waals surface area contributed by atoms with Gasteiger partial charge in [0, 0.05) is 11.1 Å². The first-order valence-corrected chi connectivity index (χ1v) is 11.2. The van der Waals surface area contributed by atoms with Gasteiger partial charge in [-0.2, -0.15) is 0 Å². The van der Waals surface area contributed by atoms with Gasteiger partial charge in [-0.05, 0) is 111 Å². The number of rotatable bonds is 3. The summed E-state index contributed by atoms with van der Waals surface area (Å²) in [6.07, 6.45) is 12.0. The van der Waals surface area contributed by atoms with Crippen molar-refractivity contribution in [2.45, 2.75) is 51.4 Å². The third-order valence-corrected chi connectivity index (χ3v) is 7.00. The predicted molar refractivity (Wildman–Crippen MR) is 121 cm³/mol. The summed E-state index contributed by atoms with van der Waals surface area (Å²) >= 11 is 0. The molecular formula is C28H31FO. The Labute approximate surface area is 180 Å². The van der Waals surface area contributed by atoms with Gasteiger partial charge < -0.3 is 4.74 Å². The van der Waals surface area contributed by atoms with Crippen LogP contribution in [0.2, 0.25) is 0 Å². The minimum Gasteiger partial charge on any atom is -0.497 e. The summed E-state index contributed by atoms with van der Waals surface area (Å²) in [6, 6.07) is 13.2. The van der Waals surface area contributed by atoms with E-state index >= 15 is 0 Å². The Bertz CT molecular complexity index is 947. The minimum absolute atomic E-state index is 0.0948. The van der Waals surface area contributed by atoms with Crippen LogP contribution < -0.4 is 4.74 Å². The molecule has 1 nitrogen and oxygen atoms in total. The molecule has 0 heterocycles. The Balaban J connectivity index is 1.42. The number of hydrogen-bond acceptors (Lipinski definition) is 1. The topological polar surface area (TPSA) is 9.23 Å². The average Bonchev–Trinajstić information content (AvgIpc) is 2.78. The minimum atomic E-state index is -0.0948. The number of halogens is 1. The molecule has 0 radical (unpaired) electrons. The fourth-order valence-corrected chi connectivity index (χ4v) is 5.41. The van der Waals surface area contributed by atoms with E-state index in [0.29, 0.717) is 5.92 Å². The predicted octanol–water partition coefficient (Wildman–Crippen LogP) is 7.11. The van der Waals surface area contributed by atoms with Gasteiger partial charge in [0.15, 0.2) is 0 Å². The molecule has 2 heteroatoms. The van der Waals surface area contributed by atoms with E-state index in [9.17, 15) is 4.39 Å². The summed E-state index contributed by atoms with van der Waals surface area (Å²) in [7, 11) is 1.65. The molecule has 0 spiro atoms. The molecule has 30 heavy (non-hydrogen) atoms. The molecular weight excluding hydrogens is 371 g/mol. The third kappa shape index (κ3) is 4.78. The van der Waals surface area contributed by atoms with Gasteiger partial charge in [-0.1, -0.05) is 30.1 Å². The summed E-state index contributed by atoms with van der Waals surface area (Å²) in [5.74, 6) is 9.62. The van der Waals surface area contributed by atoms with Crippen molar-refractivity contribution in [1.29, 1.82) is 0 Å². The van der Waals surface area contributed by atoms with Crippen LogP contribution in [0, 0.1) is 35.4 Å². The molecule has 0 amide bonds. The van der Waals surface area contributed by atoms with E-state index in [2.05, 4.69) is 30.9 Å². The Morgan fingerprint density at radius 3 is 2.33 bits per heavy atom. The summed E-state index contributed by atoms with van der Waals surface area (Å²) < 4.78 is 20.1. The number of ether oxygens (including phenoxy) is 1. The SMILES string of the molecule is C/C=C/C1CCC2CC(c3ccc(C#Cc4ccc(OC)cc4)cc3F)CCC2C1. The average molecular weight is 403 g/mol. The first-order valence-electron chi connectivity index (χ1n) is 11.2. The van der Waals surface area contributed by atoms with Crippen LogP contribution >= 0.6 is 0 Å². The fourth-order valence-electron chi connectivity index (χ4n) is 5.41. The van der Waals surface area contributed by atoms with Crippen LogP contribution in [0.15, 0.2) is 54.6 Å². The highest BCUT2D eigenvalue weighted by molar-refractivity contribution is 5.45. The molecule has 2 aliphatic carbocycles. The zero-order chi connectivity index (χ0) is 20.9. The largest absolute Gasteiger partial charge is 0.497 e. The fraction of sp³-hybridized carbons (Fsp3) is 0.429. The first-order chi connectivity index (χ1) is 14.7. The molecule has 0 N–H and O–H groups in total. The second kappa shape index (κ2) is 9.52. The van der Waals surface area contributed by atoms with Gasteiger partial charge >= 0.3 is 0 Å². The summed E-state index contributed by atoms with van der Waals surface area (Å²) in [5, 5.41) is 0. The highest BCUT2D eigenvalue weighted by atomic mass is 19.1. The molecule has 2 aromatic rings. The van der Waals surface area contributed by atoms with E-state index in [1.165, 1.54) is 25.7 Å². The monoisotopic (exact) mass is 402 g/mol. The van der Waals surface area contributed by atoms with Crippen LogP contribution in [0.4, 0.5) is 4.39 Å². The number of fused-ring (bicyclic) bond motifs is 1. The standard InChI is InChI=1S/C28H31FO/c1-3-4-21-7-11-24-19-25(13-12-23(24)17-21)27-16-10-22(18-28(27)29)6-5-20-8-14-26(30-2)15-9-20/h3-4,8-10,14-16,18,21,23-25H,7,11-13,17,19H2,1-2H3/b4-3+. The van der Waals surface area contributed by atoms with Gasteiger partial charge in [-0.15, -0.1) is 0 Å². The Morgan fingerprint density at radius 1 is 0.900 bits per heavy atom. The maximum Gasteiger partial charge on any atom is 0.127 e. The zero-order valence-electron chi connectivity index (χ0n) is 18.0. The van der Waals surface area contributed by atoms with Crippen LogP contribution in [0.1, 0.15) is 68.1 Å². The van der Waals surface area contributed by atoms with Crippen molar-refractivity contribution in [2.24, 2.45) is 17.8 Å². The number of hydrogen-bond donors (Lipinski definition) is 0. The molecule has 4 unspecified atom stereocenters. The van der Waals surface area contributed by atoms with Crippen molar-refractivity contribution in [3.63, 3.8) is 0 Å². The van der Waals surface area contributed by atoms with Gasteiger partial charge in [-0.25, -0.2) is 4.39 Å². The molecule has 0 aliphatic heterocycles. The van der Waals surface area contributed by atoms with E-state index in [4.69, 9.17) is 4.74 Å². The molecule has 2 aliphatic rings. The van der Waals surface area contributed by atoms with Crippen molar-refractivity contribution < 1.29 is 9.13 Å². The maximum atomic E-state index is 15.0. The molecule has 156 valence electrons. The molecule has 2 aromatic carbocycles. The number of methoxy groups -OCH3 is 1. The van der Waals surface area contributed by atoms with Gasteiger partial charge in [0.2, 0.25) is 0 Å². The lowest BCUT2D eigenvalue weighted by Gasteiger charge is -2.41. The van der Waals surface area contributed by atoms with Crippen molar-refractivity contribution in [3.8, 4) is 17.6 Å². The third-order valence-electron chi connectivity index (χ3n) is 7.00. The van der Waals surface area contributed by atoms with E-state index in [1.54, 1.807) is 13.2 Å². The Kier molecular flexibility index (Phi) is 6.58. The van der Waals surface area contributed by atoms with E-state index < -0.39 is 0 Å². The number of benzene rings is 2. The van der Waals surface area contributed by atoms with E-state index in [0.717, 1.165) is 53.0 Å². The van der Waals surface area contributed by atoms with Gasteiger partial charge in [0.1, 0.15) is 11.6 Å². The van der Waals surface area contributed by atoms with Crippen molar-refractivity contribution in [3.05, 3.63) is 77.1 Å². The van der Waals surface area contributed by atoms with Crippen LogP contribution in [-0.4, -0.2) is 7.11 Å². The highest BCUT2D eigenvalue weighted by Gasteiger charge is 2.35. The normalized spacial score (nSPS) is 26.0. The lowest BCUT2D eigenvalue weighted by molar-refractivity contribution is 0.132. The lowest BCUT2D eigenvalue weighted by atomic mass is 9.64. The highest BCUT2D eigenvalue weighted by Crippen LogP contribution is 2.48. The first kappa shape index (κ1) is 20.7. The Morgan fingerprint density at radius 2 is 1.60 bits per heavy atom. The van der Waals surface area contributed by atoms with E-state index in [-0.39, 0.29) is 5.82 Å². The molecule has 0 aromatic heterocycles. The van der Waals surface area contributed by atoms with Gasteiger partial charge in [-0.3, -0.25) is 0 Å². The molecule has 0 saturated heterocycles. The van der Waals surface area contributed by atoms with Crippen LogP contribution in [0.25, 0.3) is 0 Å². The zero-order valence-corrected chi connectivity index (χ0v) is 18.0. The smallest absolute Gasteiger partial charge is 0.127 e. The van der Waals surface area contributed by atoms with Crippen LogP contribution in [0.3, 0.4) is 0 Å². The second-order valence-corrected chi connectivity index (χ2v) is 8.84. The summed E-state index contributed by atoms with van der Waals surface area (Å²) in [4.78, 5) is 0. The molecule has 2 saturated carbocycles. The second-order valence-electron chi connectivity index (χ2n) is 8.84. The lowest BCUT2D eigenvalue weighted by Crippen LogP contribution is -2.30. The summed E-state index contributed by atoms with van der Waals surface area (Å²) in [5.41, 5.74) is 2.51. The maximum absolute atomic E-state index is 15.0.